The van der Waals surface area contributed by atoms with Gasteiger partial charge in [-0.1, -0.05) is 0 Å². The van der Waals surface area contributed by atoms with E-state index in [1.165, 1.54) is 0 Å². The van der Waals surface area contributed by atoms with E-state index in [1.807, 2.05) is 31.4 Å². The van der Waals surface area contributed by atoms with Crippen molar-refractivity contribution >= 4 is 5.91 Å². The first-order valence-electron chi connectivity index (χ1n) is 7.92. The maximum atomic E-state index is 12.6. The molecule has 0 aliphatic carbocycles. The van der Waals surface area contributed by atoms with Crippen molar-refractivity contribution in [3.05, 3.63) is 18.0 Å². The van der Waals surface area contributed by atoms with Gasteiger partial charge < -0.3 is 9.64 Å². The van der Waals surface area contributed by atoms with Crippen LogP contribution in [0.4, 0.5) is 0 Å². The van der Waals surface area contributed by atoms with Gasteiger partial charge in [0.05, 0.1) is 24.9 Å². The number of aryl methyl sites for hydroxylation is 1. The Morgan fingerprint density at radius 1 is 1.55 bits per heavy atom. The lowest BCUT2D eigenvalue weighted by molar-refractivity contribution is -0.134. The summed E-state index contributed by atoms with van der Waals surface area (Å²) in [6, 6.07) is 0.462. The van der Waals surface area contributed by atoms with Gasteiger partial charge in [0, 0.05) is 32.9 Å². The third-order valence-electron chi connectivity index (χ3n) is 4.58. The minimum Gasteiger partial charge on any atom is -0.379 e. The van der Waals surface area contributed by atoms with Gasteiger partial charge in [-0.2, -0.15) is 5.10 Å². The molecule has 0 aromatic carbocycles. The molecule has 2 atom stereocenters. The molecule has 1 aliphatic heterocycles. The van der Waals surface area contributed by atoms with Crippen LogP contribution in [0.5, 0.6) is 0 Å². The van der Waals surface area contributed by atoms with Crippen LogP contribution in [-0.4, -0.2) is 70.9 Å². The highest BCUT2D eigenvalue weighted by Crippen LogP contribution is 2.24. The Morgan fingerprint density at radius 2 is 2.27 bits per heavy atom. The average molecular weight is 308 g/mol. The molecule has 0 unspecified atom stereocenters. The quantitative estimate of drug-likeness (QED) is 0.784. The molecule has 0 spiro atoms. The van der Waals surface area contributed by atoms with Crippen molar-refractivity contribution in [2.45, 2.75) is 44.9 Å². The van der Waals surface area contributed by atoms with Crippen LogP contribution < -0.4 is 0 Å². The van der Waals surface area contributed by atoms with Gasteiger partial charge in [0.1, 0.15) is 0 Å². The van der Waals surface area contributed by atoms with Crippen molar-refractivity contribution in [2.24, 2.45) is 7.05 Å². The molecule has 0 radical (unpaired) electrons. The predicted molar refractivity (Wildman–Crippen MR) is 85.6 cm³/mol. The molecule has 0 bridgehead atoms. The van der Waals surface area contributed by atoms with E-state index in [0.29, 0.717) is 12.6 Å². The third-order valence-corrected chi connectivity index (χ3v) is 4.58. The fourth-order valence-electron chi connectivity index (χ4n) is 2.96. The van der Waals surface area contributed by atoms with E-state index in [1.54, 1.807) is 11.8 Å². The van der Waals surface area contributed by atoms with E-state index >= 15 is 0 Å². The summed E-state index contributed by atoms with van der Waals surface area (Å²) in [6.07, 6.45) is 5.68. The van der Waals surface area contributed by atoms with Crippen molar-refractivity contribution in [2.75, 3.05) is 27.2 Å². The van der Waals surface area contributed by atoms with Crippen LogP contribution in [0.3, 0.4) is 0 Å². The molecule has 1 amide bonds. The maximum Gasteiger partial charge on any atom is 0.237 e. The van der Waals surface area contributed by atoms with Gasteiger partial charge in [-0.25, -0.2) is 0 Å². The average Bonchev–Trinajstić information content (AvgIpc) is 3.05. The summed E-state index contributed by atoms with van der Waals surface area (Å²) in [5.41, 5.74) is 1.14. The molecule has 1 aromatic rings. The summed E-state index contributed by atoms with van der Waals surface area (Å²) >= 11 is 0. The number of likely N-dealkylation sites (N-methyl/N-ethyl adjacent to an activating group) is 1. The molecule has 6 heteroatoms. The third kappa shape index (κ3) is 3.87. The Morgan fingerprint density at radius 3 is 2.82 bits per heavy atom. The van der Waals surface area contributed by atoms with Crippen LogP contribution in [-0.2, 0) is 23.0 Å². The van der Waals surface area contributed by atoms with Crippen molar-refractivity contribution < 1.29 is 9.53 Å². The first kappa shape index (κ1) is 17.0. The molecule has 124 valence electrons. The highest BCUT2D eigenvalue weighted by Gasteiger charge is 2.37. The molecule has 1 saturated heterocycles. The Hall–Kier alpha value is -1.40. The molecule has 1 aromatic heterocycles. The molecule has 2 rings (SSSR count). The van der Waals surface area contributed by atoms with E-state index in [9.17, 15) is 4.79 Å². The van der Waals surface area contributed by atoms with Gasteiger partial charge in [0.15, 0.2) is 0 Å². The van der Waals surface area contributed by atoms with Gasteiger partial charge in [0.25, 0.3) is 0 Å². The second kappa shape index (κ2) is 7.24. The van der Waals surface area contributed by atoms with Gasteiger partial charge in [-0.15, -0.1) is 0 Å². The zero-order valence-electron chi connectivity index (χ0n) is 14.3. The second-order valence-electron chi connectivity index (χ2n) is 6.45. The summed E-state index contributed by atoms with van der Waals surface area (Å²) in [7, 11) is 5.63. The monoisotopic (exact) mass is 308 g/mol. The smallest absolute Gasteiger partial charge is 0.237 e. The molecule has 1 aliphatic rings. The van der Waals surface area contributed by atoms with Crippen LogP contribution >= 0.6 is 0 Å². The first-order chi connectivity index (χ1) is 10.4. The van der Waals surface area contributed by atoms with Crippen LogP contribution in [0, 0.1) is 0 Å². The number of hydrogen-bond donors (Lipinski definition) is 0. The van der Waals surface area contributed by atoms with E-state index in [-0.39, 0.29) is 18.1 Å². The fraction of sp³-hybridized carbons (Fsp3) is 0.750. The number of hydrogen-bond acceptors (Lipinski definition) is 4. The number of rotatable bonds is 6. The van der Waals surface area contributed by atoms with E-state index in [4.69, 9.17) is 4.74 Å². The summed E-state index contributed by atoms with van der Waals surface area (Å²) < 4.78 is 7.40. The number of ether oxygens (including phenoxy) is 1. The number of carbonyl (C=O) groups is 1. The molecule has 1 fully saturated rings. The van der Waals surface area contributed by atoms with Gasteiger partial charge >= 0.3 is 0 Å². The summed E-state index contributed by atoms with van der Waals surface area (Å²) in [5, 5.41) is 4.22. The molecule has 2 heterocycles. The first-order valence-corrected chi connectivity index (χ1v) is 7.92. The topological polar surface area (TPSA) is 50.6 Å². The van der Waals surface area contributed by atoms with Crippen LogP contribution in [0.1, 0.15) is 25.8 Å². The van der Waals surface area contributed by atoms with Crippen LogP contribution in [0.25, 0.3) is 0 Å². The van der Waals surface area contributed by atoms with Crippen molar-refractivity contribution in [1.29, 1.82) is 0 Å². The standard InChI is InChI=1S/C16H28N4O2/c1-12(2)18(3)11-16(21)20-7-6-15(22-5)14(20)8-13-9-17-19(4)10-13/h9-10,12,14-15H,6-8,11H2,1-5H3/t14-,15-/m0/s1. The van der Waals surface area contributed by atoms with Crippen LogP contribution in [0.2, 0.25) is 0 Å². The summed E-state index contributed by atoms with van der Waals surface area (Å²) in [5.74, 6) is 0.185. The molecular weight excluding hydrogens is 280 g/mol. The largest absolute Gasteiger partial charge is 0.379 e. The Bertz CT molecular complexity index is 500. The van der Waals surface area contributed by atoms with Gasteiger partial charge in [-0.3, -0.25) is 14.4 Å². The molecule has 22 heavy (non-hydrogen) atoms. The number of nitrogens with zero attached hydrogens (tertiary/aromatic N) is 4. The summed E-state index contributed by atoms with van der Waals surface area (Å²) in [4.78, 5) is 16.7. The fourth-order valence-corrected chi connectivity index (χ4v) is 2.96. The Labute approximate surface area is 133 Å². The Balaban J connectivity index is 2.06. The lowest BCUT2D eigenvalue weighted by Gasteiger charge is -2.30. The van der Waals surface area contributed by atoms with Crippen LogP contribution in [0.15, 0.2) is 12.4 Å². The zero-order chi connectivity index (χ0) is 16.3. The lowest BCUT2D eigenvalue weighted by Crippen LogP contribution is -2.46. The van der Waals surface area contributed by atoms with E-state index < -0.39 is 0 Å². The number of aromatic nitrogens is 2. The highest BCUT2D eigenvalue weighted by molar-refractivity contribution is 5.79. The predicted octanol–water partition coefficient (Wildman–Crippen LogP) is 0.919. The highest BCUT2D eigenvalue weighted by atomic mass is 16.5. The zero-order valence-corrected chi connectivity index (χ0v) is 14.3. The van der Waals surface area contributed by atoms with Gasteiger partial charge in [-0.05, 0) is 39.3 Å². The lowest BCUT2D eigenvalue weighted by atomic mass is 10.0. The van der Waals surface area contributed by atoms with Crippen molar-refractivity contribution in [3.63, 3.8) is 0 Å². The molecule has 0 saturated carbocycles. The molecular formula is C16H28N4O2. The maximum absolute atomic E-state index is 12.6. The van der Waals surface area contributed by atoms with E-state index in [0.717, 1.165) is 24.9 Å². The summed E-state index contributed by atoms with van der Waals surface area (Å²) in [6.45, 7) is 5.43. The Kier molecular flexibility index (Phi) is 5.58. The molecule has 0 N–H and O–H groups in total. The van der Waals surface area contributed by atoms with Crippen molar-refractivity contribution in [1.82, 2.24) is 19.6 Å². The van der Waals surface area contributed by atoms with Gasteiger partial charge in [0.2, 0.25) is 5.91 Å². The minimum absolute atomic E-state index is 0.0993. The minimum atomic E-state index is 0.0993. The second-order valence-corrected chi connectivity index (χ2v) is 6.45. The van der Waals surface area contributed by atoms with E-state index in [2.05, 4.69) is 23.8 Å². The number of carbonyl (C=O) groups excluding carboxylic acids is 1. The van der Waals surface area contributed by atoms with Crippen molar-refractivity contribution in [3.8, 4) is 0 Å². The number of amides is 1. The molecule has 6 nitrogen and oxygen atoms in total. The normalized spacial score (nSPS) is 22.0. The SMILES string of the molecule is CO[C@H]1CCN(C(=O)CN(C)C(C)C)[C@H]1Cc1cnn(C)c1. The number of likely N-dealkylation sites (tertiary alicyclic amines) is 1. The number of methoxy groups -OCH3 is 1.